The van der Waals surface area contributed by atoms with Gasteiger partial charge in [0, 0.05) is 0 Å². The van der Waals surface area contributed by atoms with Gasteiger partial charge < -0.3 is 9.84 Å². The van der Waals surface area contributed by atoms with Crippen LogP contribution in [0.2, 0.25) is 0 Å². The number of ether oxygens (including phenoxy) is 1. The van der Waals surface area contributed by atoms with Gasteiger partial charge in [0.25, 0.3) is 0 Å². The molecule has 0 aromatic heterocycles. The van der Waals surface area contributed by atoms with E-state index < -0.39 is 6.10 Å². The standard InChI is InChI=1S/C17H17NO2/c1-12-8-14(10-18)6-7-16(12)11-20-17-5-3-4-15(9-17)13(2)19/h3-9,13,19H,11H2,1-2H3/t13-/m1/s1. The summed E-state index contributed by atoms with van der Waals surface area (Å²) < 4.78 is 5.74. The van der Waals surface area contributed by atoms with Crippen molar-refractivity contribution in [3.63, 3.8) is 0 Å². The van der Waals surface area contributed by atoms with Crippen LogP contribution in [-0.2, 0) is 6.61 Å². The molecule has 1 atom stereocenters. The maximum absolute atomic E-state index is 9.55. The molecule has 0 amide bonds. The van der Waals surface area contributed by atoms with Crippen LogP contribution < -0.4 is 4.74 Å². The van der Waals surface area contributed by atoms with Crippen molar-refractivity contribution in [2.24, 2.45) is 0 Å². The minimum absolute atomic E-state index is 0.445. The number of rotatable bonds is 4. The van der Waals surface area contributed by atoms with Crippen molar-refractivity contribution in [1.29, 1.82) is 5.26 Å². The van der Waals surface area contributed by atoms with Crippen molar-refractivity contribution >= 4 is 0 Å². The van der Waals surface area contributed by atoms with Crippen molar-refractivity contribution in [2.45, 2.75) is 26.6 Å². The first kappa shape index (κ1) is 14.1. The highest BCUT2D eigenvalue weighted by molar-refractivity contribution is 5.37. The van der Waals surface area contributed by atoms with Crippen molar-refractivity contribution in [3.05, 3.63) is 64.7 Å². The van der Waals surface area contributed by atoms with Gasteiger partial charge in [-0.3, -0.25) is 0 Å². The second-order valence-electron chi connectivity index (χ2n) is 4.79. The van der Waals surface area contributed by atoms with E-state index in [1.807, 2.05) is 43.3 Å². The third-order valence-electron chi connectivity index (χ3n) is 3.21. The number of hydrogen-bond donors (Lipinski definition) is 1. The molecule has 2 aromatic carbocycles. The number of nitrogens with zero attached hydrogens (tertiary/aromatic N) is 1. The highest BCUT2D eigenvalue weighted by Crippen LogP contribution is 2.20. The van der Waals surface area contributed by atoms with Gasteiger partial charge in [-0.2, -0.15) is 5.26 Å². The van der Waals surface area contributed by atoms with Crippen LogP contribution in [0.15, 0.2) is 42.5 Å². The molecule has 20 heavy (non-hydrogen) atoms. The average Bonchev–Trinajstić information content (AvgIpc) is 2.46. The zero-order valence-corrected chi connectivity index (χ0v) is 11.6. The normalized spacial score (nSPS) is 11.7. The van der Waals surface area contributed by atoms with Crippen LogP contribution in [0.4, 0.5) is 0 Å². The Kier molecular flexibility index (Phi) is 4.39. The zero-order chi connectivity index (χ0) is 14.5. The van der Waals surface area contributed by atoms with E-state index in [0.29, 0.717) is 12.2 Å². The van der Waals surface area contributed by atoms with Crippen LogP contribution in [0.3, 0.4) is 0 Å². The number of hydrogen-bond acceptors (Lipinski definition) is 3. The first-order valence-corrected chi connectivity index (χ1v) is 6.50. The van der Waals surface area contributed by atoms with E-state index in [2.05, 4.69) is 6.07 Å². The van der Waals surface area contributed by atoms with Gasteiger partial charge in [0.05, 0.1) is 17.7 Å². The SMILES string of the molecule is Cc1cc(C#N)ccc1COc1cccc([C@@H](C)O)c1. The molecule has 0 aliphatic rings. The fraction of sp³-hybridized carbons (Fsp3) is 0.235. The van der Waals surface area contributed by atoms with Gasteiger partial charge in [-0.25, -0.2) is 0 Å². The Morgan fingerprint density at radius 2 is 2.05 bits per heavy atom. The molecule has 0 fully saturated rings. The van der Waals surface area contributed by atoms with Crippen LogP contribution in [0.25, 0.3) is 0 Å². The number of aliphatic hydroxyl groups is 1. The summed E-state index contributed by atoms with van der Waals surface area (Å²) >= 11 is 0. The van der Waals surface area contributed by atoms with Gasteiger partial charge in [0.2, 0.25) is 0 Å². The quantitative estimate of drug-likeness (QED) is 0.922. The molecule has 102 valence electrons. The molecule has 0 bridgehead atoms. The molecule has 0 saturated carbocycles. The van der Waals surface area contributed by atoms with Crippen LogP contribution in [0.1, 0.15) is 35.3 Å². The second kappa shape index (κ2) is 6.23. The first-order valence-electron chi connectivity index (χ1n) is 6.50. The van der Waals surface area contributed by atoms with Crippen molar-refractivity contribution in [2.75, 3.05) is 0 Å². The van der Waals surface area contributed by atoms with Crippen LogP contribution in [-0.4, -0.2) is 5.11 Å². The summed E-state index contributed by atoms with van der Waals surface area (Å²) in [5.41, 5.74) is 3.57. The molecule has 3 heteroatoms. The highest BCUT2D eigenvalue weighted by Gasteiger charge is 2.04. The Morgan fingerprint density at radius 1 is 1.25 bits per heavy atom. The first-order chi connectivity index (χ1) is 9.60. The molecule has 0 spiro atoms. The van der Waals surface area contributed by atoms with Crippen molar-refractivity contribution in [1.82, 2.24) is 0 Å². The van der Waals surface area contributed by atoms with Gasteiger partial charge in [0.15, 0.2) is 0 Å². The second-order valence-corrected chi connectivity index (χ2v) is 4.79. The fourth-order valence-electron chi connectivity index (χ4n) is 1.95. The minimum atomic E-state index is -0.504. The summed E-state index contributed by atoms with van der Waals surface area (Å²) in [5.74, 6) is 0.729. The van der Waals surface area contributed by atoms with Gasteiger partial charge in [0.1, 0.15) is 12.4 Å². The Bertz CT molecular complexity index is 642. The summed E-state index contributed by atoms with van der Waals surface area (Å²) in [6.07, 6.45) is -0.504. The van der Waals surface area contributed by atoms with Crippen LogP contribution in [0, 0.1) is 18.3 Å². The molecule has 1 N–H and O–H groups in total. The van der Waals surface area contributed by atoms with Crippen LogP contribution >= 0.6 is 0 Å². The van der Waals surface area contributed by atoms with E-state index in [1.165, 1.54) is 0 Å². The zero-order valence-electron chi connectivity index (χ0n) is 11.6. The molecule has 0 heterocycles. The molecule has 0 radical (unpaired) electrons. The summed E-state index contributed by atoms with van der Waals surface area (Å²) in [6.45, 7) is 4.14. The Labute approximate surface area is 119 Å². The van der Waals surface area contributed by atoms with Crippen molar-refractivity contribution in [3.8, 4) is 11.8 Å². The lowest BCUT2D eigenvalue weighted by molar-refractivity contribution is 0.198. The summed E-state index contributed by atoms with van der Waals surface area (Å²) in [5, 5.41) is 18.4. The third-order valence-corrected chi connectivity index (χ3v) is 3.21. The van der Waals surface area contributed by atoms with Gasteiger partial charge in [-0.05, 0) is 54.8 Å². The number of nitriles is 1. The average molecular weight is 267 g/mol. The number of aliphatic hydroxyl groups excluding tert-OH is 1. The molecule has 2 rings (SSSR count). The smallest absolute Gasteiger partial charge is 0.120 e. The Hall–Kier alpha value is -2.31. The third kappa shape index (κ3) is 3.37. The number of benzene rings is 2. The van der Waals surface area contributed by atoms with E-state index in [-0.39, 0.29) is 0 Å². The Morgan fingerprint density at radius 3 is 2.70 bits per heavy atom. The lowest BCUT2D eigenvalue weighted by Crippen LogP contribution is -1.99. The lowest BCUT2D eigenvalue weighted by Gasteiger charge is -2.11. The maximum atomic E-state index is 9.55. The summed E-state index contributed by atoms with van der Waals surface area (Å²) in [7, 11) is 0. The molecular weight excluding hydrogens is 250 g/mol. The highest BCUT2D eigenvalue weighted by atomic mass is 16.5. The Balaban J connectivity index is 2.09. The summed E-state index contributed by atoms with van der Waals surface area (Å²) in [4.78, 5) is 0. The molecule has 0 saturated heterocycles. The predicted molar refractivity (Wildman–Crippen MR) is 77.3 cm³/mol. The monoisotopic (exact) mass is 267 g/mol. The van der Waals surface area contributed by atoms with E-state index in [4.69, 9.17) is 10.00 Å². The summed E-state index contributed by atoms with van der Waals surface area (Å²) in [6, 6.07) is 15.1. The van der Waals surface area contributed by atoms with Crippen LogP contribution in [0.5, 0.6) is 5.75 Å². The van der Waals surface area contributed by atoms with E-state index >= 15 is 0 Å². The van der Waals surface area contributed by atoms with Gasteiger partial charge in [-0.15, -0.1) is 0 Å². The van der Waals surface area contributed by atoms with E-state index in [1.54, 1.807) is 13.0 Å². The van der Waals surface area contributed by atoms with E-state index in [9.17, 15) is 5.11 Å². The van der Waals surface area contributed by atoms with Crippen molar-refractivity contribution < 1.29 is 9.84 Å². The predicted octanol–water partition coefficient (Wildman–Crippen LogP) is 3.50. The molecular formula is C17H17NO2. The minimum Gasteiger partial charge on any atom is -0.489 e. The molecule has 0 aliphatic carbocycles. The van der Waals surface area contributed by atoms with E-state index in [0.717, 1.165) is 22.4 Å². The molecule has 3 nitrogen and oxygen atoms in total. The molecule has 0 unspecified atom stereocenters. The van der Waals surface area contributed by atoms with Gasteiger partial charge >= 0.3 is 0 Å². The number of aryl methyl sites for hydroxylation is 1. The maximum Gasteiger partial charge on any atom is 0.120 e. The molecule has 0 aliphatic heterocycles. The topological polar surface area (TPSA) is 53.2 Å². The largest absolute Gasteiger partial charge is 0.489 e. The van der Waals surface area contributed by atoms with Gasteiger partial charge in [-0.1, -0.05) is 18.2 Å². The molecule has 2 aromatic rings. The lowest BCUT2D eigenvalue weighted by atomic mass is 10.1. The fourth-order valence-corrected chi connectivity index (χ4v) is 1.95.